The Kier molecular flexibility index (Phi) is 5.05. The largest absolute Gasteiger partial charge is 0.340 e. The van der Waals surface area contributed by atoms with Gasteiger partial charge in [-0.1, -0.05) is 12.1 Å². The summed E-state index contributed by atoms with van der Waals surface area (Å²) >= 11 is 0. The maximum atomic E-state index is 12.5. The van der Waals surface area contributed by atoms with Gasteiger partial charge in [-0.05, 0) is 56.3 Å². The number of carbonyl (C=O) groups is 3. The Morgan fingerprint density at radius 1 is 1.10 bits per heavy atom. The van der Waals surface area contributed by atoms with E-state index in [-0.39, 0.29) is 12.3 Å². The molecule has 0 bridgehead atoms. The average Bonchev–Trinajstić information content (AvgIpc) is 3.00. The number of hydrogen-bond acceptors (Lipinski definition) is 4. The Labute approximate surface area is 173 Å². The van der Waals surface area contributed by atoms with E-state index in [1.807, 2.05) is 36.7 Å². The van der Waals surface area contributed by atoms with Crippen LogP contribution in [-0.4, -0.2) is 33.5 Å². The molecule has 3 amide bonds. The summed E-state index contributed by atoms with van der Waals surface area (Å²) in [7, 11) is 0. The minimum absolute atomic E-state index is 0.176. The molecule has 2 heterocycles. The lowest BCUT2D eigenvalue weighted by molar-refractivity contribution is -0.122. The van der Waals surface area contributed by atoms with Crippen LogP contribution in [0.5, 0.6) is 0 Å². The van der Waals surface area contributed by atoms with E-state index in [4.69, 9.17) is 0 Å². The van der Waals surface area contributed by atoms with Gasteiger partial charge in [-0.3, -0.25) is 14.4 Å². The molecule has 0 spiro atoms. The summed E-state index contributed by atoms with van der Waals surface area (Å²) < 4.78 is 1.82. The first-order valence-corrected chi connectivity index (χ1v) is 9.55. The summed E-state index contributed by atoms with van der Waals surface area (Å²) in [5.74, 6) is -1.19. The van der Waals surface area contributed by atoms with Crippen LogP contribution >= 0.6 is 0 Å². The van der Waals surface area contributed by atoms with Crippen molar-refractivity contribution in [2.75, 3.05) is 10.6 Å². The third kappa shape index (κ3) is 3.93. The molecule has 0 aliphatic carbocycles. The Bertz CT molecular complexity index is 1130. The van der Waals surface area contributed by atoms with Gasteiger partial charge in [-0.25, -0.2) is 4.68 Å². The number of para-hydroxylation sites is 1. The van der Waals surface area contributed by atoms with Crippen LogP contribution in [0.15, 0.2) is 54.6 Å². The lowest BCUT2D eigenvalue weighted by Gasteiger charge is -2.14. The van der Waals surface area contributed by atoms with E-state index in [2.05, 4.69) is 21.0 Å². The molecule has 0 unspecified atom stereocenters. The van der Waals surface area contributed by atoms with Crippen LogP contribution in [0.3, 0.4) is 0 Å². The van der Waals surface area contributed by atoms with E-state index < -0.39 is 17.9 Å². The first-order chi connectivity index (χ1) is 14.4. The molecule has 8 nitrogen and oxygen atoms in total. The quantitative estimate of drug-likeness (QED) is 0.623. The Morgan fingerprint density at radius 3 is 2.53 bits per heavy atom. The monoisotopic (exact) mass is 403 g/mol. The van der Waals surface area contributed by atoms with Crippen LogP contribution in [0.25, 0.3) is 5.69 Å². The van der Waals surface area contributed by atoms with Crippen molar-refractivity contribution in [1.82, 2.24) is 15.1 Å². The molecule has 0 saturated heterocycles. The van der Waals surface area contributed by atoms with Gasteiger partial charge in [0.1, 0.15) is 6.04 Å². The fourth-order valence-corrected chi connectivity index (χ4v) is 3.43. The van der Waals surface area contributed by atoms with Gasteiger partial charge in [0.2, 0.25) is 11.8 Å². The zero-order valence-electron chi connectivity index (χ0n) is 16.6. The van der Waals surface area contributed by atoms with E-state index in [0.717, 1.165) is 17.1 Å². The van der Waals surface area contributed by atoms with Crippen molar-refractivity contribution < 1.29 is 14.4 Å². The molecule has 1 aliphatic heterocycles. The van der Waals surface area contributed by atoms with Crippen LogP contribution in [0.1, 0.15) is 28.2 Å². The average molecular weight is 403 g/mol. The van der Waals surface area contributed by atoms with E-state index in [9.17, 15) is 14.4 Å². The van der Waals surface area contributed by atoms with Crippen molar-refractivity contribution in [3.05, 3.63) is 71.5 Å². The van der Waals surface area contributed by atoms with Gasteiger partial charge < -0.3 is 16.0 Å². The van der Waals surface area contributed by atoms with Crippen molar-refractivity contribution >= 4 is 29.1 Å². The highest BCUT2D eigenvalue weighted by atomic mass is 16.2. The van der Waals surface area contributed by atoms with Gasteiger partial charge in [-0.2, -0.15) is 5.10 Å². The highest BCUT2D eigenvalue weighted by Crippen LogP contribution is 2.20. The predicted octanol–water partition coefficient (Wildman–Crippen LogP) is 2.57. The van der Waals surface area contributed by atoms with Crippen LogP contribution in [-0.2, 0) is 9.59 Å². The van der Waals surface area contributed by atoms with Crippen LogP contribution in [0.2, 0.25) is 0 Å². The normalized spacial score (nSPS) is 15.6. The number of nitrogens with zero attached hydrogens (tertiary/aromatic N) is 2. The van der Waals surface area contributed by atoms with Crippen molar-refractivity contribution in [3.63, 3.8) is 0 Å². The van der Waals surface area contributed by atoms with Crippen molar-refractivity contribution in [1.29, 1.82) is 0 Å². The highest BCUT2D eigenvalue weighted by molar-refractivity contribution is 6.11. The number of carbonyl (C=O) groups excluding carboxylic acids is 3. The molecule has 0 saturated carbocycles. The molecule has 30 heavy (non-hydrogen) atoms. The number of nitrogens with one attached hydrogen (secondary N) is 3. The van der Waals surface area contributed by atoms with E-state index in [1.165, 1.54) is 0 Å². The molecule has 152 valence electrons. The molecule has 4 rings (SSSR count). The van der Waals surface area contributed by atoms with Crippen molar-refractivity contribution in [2.24, 2.45) is 0 Å². The van der Waals surface area contributed by atoms with Gasteiger partial charge >= 0.3 is 0 Å². The maximum Gasteiger partial charge on any atom is 0.254 e. The Hall–Kier alpha value is -3.94. The van der Waals surface area contributed by atoms with E-state index in [0.29, 0.717) is 16.9 Å². The van der Waals surface area contributed by atoms with Gasteiger partial charge in [-0.15, -0.1) is 0 Å². The number of anilines is 2. The molecular weight excluding hydrogens is 382 g/mol. The van der Waals surface area contributed by atoms with Gasteiger partial charge in [0.25, 0.3) is 5.91 Å². The lowest BCUT2D eigenvalue weighted by atomic mass is 10.1. The summed E-state index contributed by atoms with van der Waals surface area (Å²) in [6, 6.07) is 15.0. The first-order valence-electron chi connectivity index (χ1n) is 9.55. The smallest absolute Gasteiger partial charge is 0.254 e. The second-order valence-corrected chi connectivity index (χ2v) is 7.20. The maximum absolute atomic E-state index is 12.5. The summed E-state index contributed by atoms with van der Waals surface area (Å²) in [6.45, 7) is 3.90. The van der Waals surface area contributed by atoms with Crippen molar-refractivity contribution in [2.45, 2.75) is 26.3 Å². The zero-order chi connectivity index (χ0) is 21.3. The number of benzene rings is 2. The van der Waals surface area contributed by atoms with Crippen LogP contribution < -0.4 is 16.0 Å². The first kappa shape index (κ1) is 19.4. The van der Waals surface area contributed by atoms with Crippen LogP contribution in [0.4, 0.5) is 11.4 Å². The van der Waals surface area contributed by atoms with Gasteiger partial charge in [0.15, 0.2) is 0 Å². The molecule has 3 aromatic rings. The lowest BCUT2D eigenvalue weighted by Crippen LogP contribution is -2.43. The summed E-state index contributed by atoms with van der Waals surface area (Å²) in [4.78, 5) is 37.3. The SMILES string of the molecule is Cc1cc(C)n(-c2ccc(NC(=O)C[C@@H]3NC(=O)c4ccccc4NC3=O)cc2)n1. The number of rotatable bonds is 4. The van der Waals surface area contributed by atoms with Gasteiger partial charge in [0.05, 0.1) is 29.1 Å². The minimum Gasteiger partial charge on any atom is -0.340 e. The number of fused-ring (bicyclic) bond motifs is 1. The molecule has 0 fully saturated rings. The van der Waals surface area contributed by atoms with Crippen molar-refractivity contribution in [3.8, 4) is 5.69 Å². The zero-order valence-corrected chi connectivity index (χ0v) is 16.6. The highest BCUT2D eigenvalue weighted by Gasteiger charge is 2.29. The minimum atomic E-state index is -0.959. The van der Waals surface area contributed by atoms with E-state index in [1.54, 1.807) is 36.4 Å². The summed E-state index contributed by atoms with van der Waals surface area (Å²) in [5, 5.41) is 12.5. The molecule has 0 radical (unpaired) electrons. The predicted molar refractivity (Wildman–Crippen MR) is 113 cm³/mol. The molecule has 2 aromatic carbocycles. The number of amides is 3. The second-order valence-electron chi connectivity index (χ2n) is 7.20. The standard InChI is InChI=1S/C22H21N5O3/c1-13-11-14(2)27(26-13)16-9-7-15(8-10-16)23-20(28)12-19-22(30)24-18-6-4-3-5-17(18)21(29)25-19/h3-11,19H,12H2,1-2H3,(H,23,28)(H,24,30)(H,25,29)/t19-/m0/s1. The molecule has 1 aromatic heterocycles. The molecule has 8 heteroatoms. The Morgan fingerprint density at radius 2 is 1.83 bits per heavy atom. The summed E-state index contributed by atoms with van der Waals surface area (Å²) in [5.41, 5.74) is 4.22. The summed E-state index contributed by atoms with van der Waals surface area (Å²) in [6.07, 6.45) is -0.176. The Balaban J connectivity index is 1.42. The molecule has 1 atom stereocenters. The van der Waals surface area contributed by atoms with Crippen LogP contribution in [0, 0.1) is 13.8 Å². The fourth-order valence-electron chi connectivity index (χ4n) is 3.43. The molecule has 1 aliphatic rings. The third-order valence-corrected chi connectivity index (χ3v) is 4.85. The van der Waals surface area contributed by atoms with E-state index >= 15 is 0 Å². The van der Waals surface area contributed by atoms with Gasteiger partial charge in [0, 0.05) is 11.4 Å². The number of hydrogen-bond donors (Lipinski definition) is 3. The number of aryl methyl sites for hydroxylation is 2. The molecule has 3 N–H and O–H groups in total. The topological polar surface area (TPSA) is 105 Å². The molecular formula is C22H21N5O3. The fraction of sp³-hybridized carbons (Fsp3) is 0.182. The second kappa shape index (κ2) is 7.82. The third-order valence-electron chi connectivity index (χ3n) is 4.85. The number of aromatic nitrogens is 2.